The molecular weight excluding hydrogens is 232 g/mol. The highest BCUT2D eigenvalue weighted by Crippen LogP contribution is 2.12. The maximum absolute atomic E-state index is 11.1. The van der Waals surface area contributed by atoms with Gasteiger partial charge in [-0.3, -0.25) is 0 Å². The Balaban J connectivity index is 2.85. The van der Waals surface area contributed by atoms with E-state index in [-0.39, 0.29) is 5.69 Å². The lowest BCUT2D eigenvalue weighted by molar-refractivity contribution is 0.0689. The summed E-state index contributed by atoms with van der Waals surface area (Å²) < 4.78 is 1.71. The van der Waals surface area contributed by atoms with Crippen LogP contribution in [-0.4, -0.2) is 51.6 Å². The van der Waals surface area contributed by atoms with Gasteiger partial charge in [0.25, 0.3) is 0 Å². The van der Waals surface area contributed by atoms with E-state index in [1.54, 1.807) is 4.68 Å². The van der Waals surface area contributed by atoms with Gasteiger partial charge in [0.1, 0.15) is 0 Å². The van der Waals surface area contributed by atoms with Gasteiger partial charge < -0.3 is 10.0 Å². The number of hydrogen-bond acceptors (Lipinski definition) is 4. The Bertz CT molecular complexity index is 399. The monoisotopic (exact) mass is 254 g/mol. The molecule has 0 bridgehead atoms. The quantitative estimate of drug-likeness (QED) is 0.789. The Morgan fingerprint density at radius 3 is 2.61 bits per heavy atom. The molecule has 0 unspecified atom stereocenters. The van der Waals surface area contributed by atoms with Crippen molar-refractivity contribution >= 4 is 5.97 Å². The van der Waals surface area contributed by atoms with E-state index in [1.165, 1.54) is 0 Å². The molecule has 1 aromatic rings. The Kier molecular flexibility index (Phi) is 5.27. The fraction of sp³-hybridized carbons (Fsp3) is 0.750. The number of aromatic nitrogens is 3. The van der Waals surface area contributed by atoms with E-state index in [2.05, 4.69) is 24.2 Å². The van der Waals surface area contributed by atoms with E-state index < -0.39 is 5.97 Å². The Morgan fingerprint density at radius 1 is 1.44 bits per heavy atom. The van der Waals surface area contributed by atoms with Crippen molar-refractivity contribution in [2.24, 2.45) is 5.92 Å². The molecule has 0 saturated heterocycles. The highest BCUT2D eigenvalue weighted by atomic mass is 16.4. The van der Waals surface area contributed by atoms with Crippen LogP contribution in [0.25, 0.3) is 0 Å². The van der Waals surface area contributed by atoms with Crippen molar-refractivity contribution in [3.63, 3.8) is 0 Å². The average Bonchev–Trinajstić information content (AvgIpc) is 2.66. The van der Waals surface area contributed by atoms with Crippen LogP contribution >= 0.6 is 0 Å². The van der Waals surface area contributed by atoms with E-state index in [0.717, 1.165) is 18.7 Å². The van der Waals surface area contributed by atoms with Crippen LogP contribution in [0.2, 0.25) is 0 Å². The van der Waals surface area contributed by atoms with Crippen molar-refractivity contribution in [3.8, 4) is 0 Å². The predicted molar refractivity (Wildman–Crippen MR) is 68.7 cm³/mol. The summed E-state index contributed by atoms with van der Waals surface area (Å²) in [6, 6.07) is 0. The van der Waals surface area contributed by atoms with Crippen LogP contribution in [0.3, 0.4) is 0 Å². The fourth-order valence-corrected chi connectivity index (χ4v) is 1.65. The summed E-state index contributed by atoms with van der Waals surface area (Å²) in [5, 5.41) is 16.8. The zero-order chi connectivity index (χ0) is 13.7. The van der Waals surface area contributed by atoms with Crippen LogP contribution in [0.1, 0.15) is 36.5 Å². The zero-order valence-corrected chi connectivity index (χ0v) is 11.6. The average molecular weight is 254 g/mol. The number of carbonyl (C=O) groups is 1. The number of aromatic carboxylic acids is 1. The molecule has 0 spiro atoms. The molecule has 0 fully saturated rings. The van der Waals surface area contributed by atoms with Gasteiger partial charge in [-0.15, -0.1) is 5.10 Å². The second kappa shape index (κ2) is 6.49. The van der Waals surface area contributed by atoms with E-state index in [0.29, 0.717) is 18.9 Å². The normalized spacial score (nSPS) is 11.4. The lowest BCUT2D eigenvalue weighted by atomic mass is 10.1. The summed E-state index contributed by atoms with van der Waals surface area (Å²) in [7, 11) is 3.95. The van der Waals surface area contributed by atoms with Crippen molar-refractivity contribution in [1.82, 2.24) is 19.9 Å². The standard InChI is InChI=1S/C12H22N4O2/c1-9(2)5-6-10-11(12(17)18)13-14-16(10)8-7-15(3)4/h9H,5-8H2,1-4H3,(H,17,18). The summed E-state index contributed by atoms with van der Waals surface area (Å²) in [6.45, 7) is 5.72. The summed E-state index contributed by atoms with van der Waals surface area (Å²) in [6.07, 6.45) is 1.65. The largest absolute Gasteiger partial charge is 0.476 e. The molecule has 102 valence electrons. The topological polar surface area (TPSA) is 71.2 Å². The molecule has 0 saturated carbocycles. The van der Waals surface area contributed by atoms with Crippen molar-refractivity contribution in [2.75, 3.05) is 20.6 Å². The minimum absolute atomic E-state index is 0.0920. The Labute approximate surface area is 108 Å². The number of rotatable bonds is 7. The summed E-state index contributed by atoms with van der Waals surface area (Å²) in [5.41, 5.74) is 0.826. The summed E-state index contributed by atoms with van der Waals surface area (Å²) >= 11 is 0. The number of nitrogens with zero attached hydrogens (tertiary/aromatic N) is 4. The number of carboxylic acid groups (broad SMARTS) is 1. The third-order valence-electron chi connectivity index (χ3n) is 2.76. The second-order valence-corrected chi connectivity index (χ2v) is 5.15. The molecular formula is C12H22N4O2. The predicted octanol–water partition coefficient (Wildman–Crippen LogP) is 1.13. The third kappa shape index (κ3) is 4.10. The molecule has 6 nitrogen and oxygen atoms in total. The van der Waals surface area contributed by atoms with Gasteiger partial charge in [0, 0.05) is 6.54 Å². The first-order chi connectivity index (χ1) is 8.41. The molecule has 0 aromatic carbocycles. The highest BCUT2D eigenvalue weighted by molar-refractivity contribution is 5.86. The fourth-order valence-electron chi connectivity index (χ4n) is 1.65. The van der Waals surface area contributed by atoms with Crippen molar-refractivity contribution < 1.29 is 9.90 Å². The summed E-state index contributed by atoms with van der Waals surface area (Å²) in [5.74, 6) is -0.464. The highest BCUT2D eigenvalue weighted by Gasteiger charge is 2.18. The van der Waals surface area contributed by atoms with Gasteiger partial charge in [-0.05, 0) is 32.9 Å². The molecule has 0 aliphatic rings. The molecule has 18 heavy (non-hydrogen) atoms. The molecule has 0 aliphatic heterocycles. The van der Waals surface area contributed by atoms with Gasteiger partial charge >= 0.3 is 5.97 Å². The first kappa shape index (κ1) is 14.6. The number of carboxylic acids is 1. The molecule has 1 aromatic heterocycles. The second-order valence-electron chi connectivity index (χ2n) is 5.15. The van der Waals surface area contributed by atoms with E-state index >= 15 is 0 Å². The van der Waals surface area contributed by atoms with Gasteiger partial charge in [-0.2, -0.15) is 0 Å². The molecule has 1 rings (SSSR count). The summed E-state index contributed by atoms with van der Waals surface area (Å²) in [4.78, 5) is 13.1. The minimum Gasteiger partial charge on any atom is -0.476 e. The number of hydrogen-bond donors (Lipinski definition) is 1. The zero-order valence-electron chi connectivity index (χ0n) is 11.6. The Morgan fingerprint density at radius 2 is 2.11 bits per heavy atom. The maximum Gasteiger partial charge on any atom is 0.358 e. The van der Waals surface area contributed by atoms with Crippen molar-refractivity contribution in [2.45, 2.75) is 33.2 Å². The van der Waals surface area contributed by atoms with Crippen molar-refractivity contribution in [3.05, 3.63) is 11.4 Å². The van der Waals surface area contributed by atoms with E-state index in [4.69, 9.17) is 5.11 Å². The number of likely N-dealkylation sites (N-methyl/N-ethyl adjacent to an activating group) is 1. The molecule has 0 radical (unpaired) electrons. The first-order valence-electron chi connectivity index (χ1n) is 6.22. The van der Waals surface area contributed by atoms with Crippen LogP contribution < -0.4 is 0 Å². The molecule has 1 N–H and O–H groups in total. The lowest BCUT2D eigenvalue weighted by Gasteiger charge is -2.12. The lowest BCUT2D eigenvalue weighted by Crippen LogP contribution is -2.20. The van der Waals surface area contributed by atoms with Crippen molar-refractivity contribution in [1.29, 1.82) is 0 Å². The third-order valence-corrected chi connectivity index (χ3v) is 2.76. The molecule has 1 heterocycles. The van der Waals surface area contributed by atoms with Crippen LogP contribution in [0.5, 0.6) is 0 Å². The van der Waals surface area contributed by atoms with Crippen LogP contribution in [0.15, 0.2) is 0 Å². The Hall–Kier alpha value is -1.43. The van der Waals surface area contributed by atoms with Gasteiger partial charge in [0.2, 0.25) is 0 Å². The van der Waals surface area contributed by atoms with Crippen LogP contribution in [0, 0.1) is 5.92 Å². The van der Waals surface area contributed by atoms with E-state index in [1.807, 2.05) is 19.0 Å². The molecule has 0 aliphatic carbocycles. The smallest absolute Gasteiger partial charge is 0.358 e. The van der Waals surface area contributed by atoms with Crippen LogP contribution in [0.4, 0.5) is 0 Å². The van der Waals surface area contributed by atoms with Gasteiger partial charge in [-0.25, -0.2) is 9.48 Å². The maximum atomic E-state index is 11.1. The molecule has 0 amide bonds. The molecule has 6 heteroatoms. The minimum atomic E-state index is -0.996. The van der Waals surface area contributed by atoms with Crippen LogP contribution in [-0.2, 0) is 13.0 Å². The first-order valence-corrected chi connectivity index (χ1v) is 6.22. The molecule has 0 atom stereocenters. The SMILES string of the molecule is CC(C)CCc1c(C(=O)O)nnn1CCN(C)C. The van der Waals surface area contributed by atoms with E-state index in [9.17, 15) is 4.79 Å². The van der Waals surface area contributed by atoms with Gasteiger partial charge in [-0.1, -0.05) is 19.1 Å². The van der Waals surface area contributed by atoms with Gasteiger partial charge in [0.05, 0.1) is 12.2 Å². The van der Waals surface area contributed by atoms with Gasteiger partial charge in [0.15, 0.2) is 5.69 Å².